The minimum atomic E-state index is -3.12. The number of nitrogens with two attached hydrogens (primary N) is 1. The third-order valence-corrected chi connectivity index (χ3v) is 3.31. The van der Waals surface area contributed by atoms with Gasteiger partial charge in [-0.25, -0.2) is 4.39 Å². The van der Waals surface area contributed by atoms with Crippen LogP contribution < -0.4 is 15.8 Å². The SMILES string of the molecule is CN1CC(Nc2cc(OC(F)F)c(F)cc2N)CCC1=O. The zero-order valence-corrected chi connectivity index (χ0v) is 11.4. The third-order valence-electron chi connectivity index (χ3n) is 3.31. The zero-order valence-electron chi connectivity index (χ0n) is 11.4. The largest absolute Gasteiger partial charge is 0.432 e. The van der Waals surface area contributed by atoms with Gasteiger partial charge in [0.25, 0.3) is 0 Å². The fraction of sp³-hybridized carbons (Fsp3) is 0.462. The monoisotopic (exact) mass is 303 g/mol. The second-order valence-electron chi connectivity index (χ2n) is 4.90. The Kier molecular flexibility index (Phi) is 4.44. The van der Waals surface area contributed by atoms with Crippen molar-refractivity contribution in [3.05, 3.63) is 17.9 Å². The van der Waals surface area contributed by atoms with Crippen LogP contribution in [0.25, 0.3) is 0 Å². The molecule has 0 bridgehead atoms. The molecule has 0 aliphatic carbocycles. The molecule has 21 heavy (non-hydrogen) atoms. The molecule has 0 radical (unpaired) electrons. The van der Waals surface area contributed by atoms with Crippen molar-refractivity contribution < 1.29 is 22.7 Å². The number of piperidine rings is 1. The van der Waals surface area contributed by atoms with Crippen molar-refractivity contribution in [3.8, 4) is 5.75 Å². The molecule has 1 aliphatic rings. The van der Waals surface area contributed by atoms with Gasteiger partial charge >= 0.3 is 6.61 Å². The maximum atomic E-state index is 13.5. The molecule has 8 heteroatoms. The van der Waals surface area contributed by atoms with E-state index in [0.717, 1.165) is 12.1 Å². The molecule has 1 aromatic carbocycles. The normalized spacial score (nSPS) is 19.0. The number of benzene rings is 1. The predicted molar refractivity (Wildman–Crippen MR) is 71.7 cm³/mol. The first-order valence-electron chi connectivity index (χ1n) is 6.41. The number of halogens is 3. The summed E-state index contributed by atoms with van der Waals surface area (Å²) in [5.41, 5.74) is 6.07. The number of amides is 1. The molecule has 1 fully saturated rings. The van der Waals surface area contributed by atoms with Gasteiger partial charge in [0.1, 0.15) is 0 Å². The van der Waals surface area contributed by atoms with Gasteiger partial charge in [-0.05, 0) is 6.42 Å². The van der Waals surface area contributed by atoms with Crippen molar-refractivity contribution in [3.63, 3.8) is 0 Å². The van der Waals surface area contributed by atoms with Gasteiger partial charge in [0.2, 0.25) is 5.91 Å². The topological polar surface area (TPSA) is 67.6 Å². The highest BCUT2D eigenvalue weighted by Crippen LogP contribution is 2.30. The predicted octanol–water partition coefficient (Wildman–Crippen LogP) is 2.04. The Morgan fingerprint density at radius 2 is 2.19 bits per heavy atom. The van der Waals surface area contributed by atoms with Crippen molar-refractivity contribution in [2.75, 3.05) is 24.6 Å². The van der Waals surface area contributed by atoms with Crippen molar-refractivity contribution in [2.24, 2.45) is 0 Å². The highest BCUT2D eigenvalue weighted by molar-refractivity contribution is 5.77. The van der Waals surface area contributed by atoms with Crippen molar-refractivity contribution >= 4 is 17.3 Å². The summed E-state index contributed by atoms with van der Waals surface area (Å²) in [4.78, 5) is 13.0. The number of likely N-dealkylation sites (N-methyl/N-ethyl adjacent to an activating group) is 1. The maximum Gasteiger partial charge on any atom is 0.387 e. The van der Waals surface area contributed by atoms with Gasteiger partial charge in [0.15, 0.2) is 11.6 Å². The van der Waals surface area contributed by atoms with Crippen LogP contribution in [-0.4, -0.2) is 37.1 Å². The summed E-state index contributed by atoms with van der Waals surface area (Å²) in [7, 11) is 1.68. The summed E-state index contributed by atoms with van der Waals surface area (Å²) in [6.07, 6.45) is 0.973. The fourth-order valence-electron chi connectivity index (χ4n) is 2.23. The lowest BCUT2D eigenvalue weighted by Crippen LogP contribution is -2.43. The molecule has 1 aliphatic heterocycles. The highest BCUT2D eigenvalue weighted by atomic mass is 19.3. The minimum Gasteiger partial charge on any atom is -0.432 e. The van der Waals surface area contributed by atoms with Crippen LogP contribution in [0.3, 0.4) is 0 Å². The van der Waals surface area contributed by atoms with Crippen LogP contribution in [-0.2, 0) is 4.79 Å². The summed E-state index contributed by atoms with van der Waals surface area (Å²) in [6.45, 7) is -2.66. The first kappa shape index (κ1) is 15.3. The number of nitrogens with one attached hydrogen (secondary N) is 1. The van der Waals surface area contributed by atoms with Crippen LogP contribution in [0.15, 0.2) is 12.1 Å². The Bertz CT molecular complexity index is 540. The number of carbonyl (C=O) groups is 1. The van der Waals surface area contributed by atoms with Gasteiger partial charge in [-0.3, -0.25) is 4.79 Å². The Balaban J connectivity index is 2.14. The quantitative estimate of drug-likeness (QED) is 0.835. The van der Waals surface area contributed by atoms with E-state index in [2.05, 4.69) is 10.1 Å². The number of nitrogen functional groups attached to an aromatic ring is 1. The molecule has 1 unspecified atom stereocenters. The van der Waals surface area contributed by atoms with E-state index in [1.807, 2.05) is 0 Å². The van der Waals surface area contributed by atoms with Crippen LogP contribution in [0.4, 0.5) is 24.5 Å². The fourth-order valence-corrected chi connectivity index (χ4v) is 2.23. The highest BCUT2D eigenvalue weighted by Gasteiger charge is 2.23. The molecule has 1 heterocycles. The van der Waals surface area contributed by atoms with Crippen LogP contribution >= 0.6 is 0 Å². The Morgan fingerprint density at radius 3 is 2.81 bits per heavy atom. The van der Waals surface area contributed by atoms with Gasteiger partial charge in [-0.15, -0.1) is 0 Å². The molecule has 1 saturated heterocycles. The first-order chi connectivity index (χ1) is 9.86. The lowest BCUT2D eigenvalue weighted by atomic mass is 10.0. The van der Waals surface area contributed by atoms with Gasteiger partial charge in [-0.1, -0.05) is 0 Å². The molecule has 5 nitrogen and oxygen atoms in total. The number of alkyl halides is 2. The number of carbonyl (C=O) groups excluding carboxylic acids is 1. The standard InChI is InChI=1S/C13H16F3N3O2/c1-19-6-7(2-3-12(19)20)18-10-5-11(21-13(15)16)8(14)4-9(10)17/h4-5,7,13,18H,2-3,6,17H2,1H3. The molecule has 1 amide bonds. The number of ether oxygens (including phenoxy) is 1. The average molecular weight is 303 g/mol. The third kappa shape index (κ3) is 3.71. The summed E-state index contributed by atoms with van der Waals surface area (Å²) >= 11 is 0. The molecule has 116 valence electrons. The van der Waals surface area contributed by atoms with Gasteiger partial charge in [0, 0.05) is 38.2 Å². The summed E-state index contributed by atoms with van der Waals surface area (Å²) in [5.74, 6) is -1.47. The Labute approximate surface area is 119 Å². The van der Waals surface area contributed by atoms with E-state index in [4.69, 9.17) is 5.73 Å². The van der Waals surface area contributed by atoms with E-state index >= 15 is 0 Å². The average Bonchev–Trinajstić information content (AvgIpc) is 2.39. The smallest absolute Gasteiger partial charge is 0.387 e. The molecule has 2 rings (SSSR count). The van der Waals surface area contributed by atoms with Crippen LogP contribution in [0, 0.1) is 5.82 Å². The second-order valence-corrected chi connectivity index (χ2v) is 4.90. The number of likely N-dealkylation sites (tertiary alicyclic amines) is 1. The molecule has 1 aromatic rings. The first-order valence-corrected chi connectivity index (χ1v) is 6.41. The molecular formula is C13H16F3N3O2. The molecule has 0 saturated carbocycles. The lowest BCUT2D eigenvalue weighted by molar-refractivity contribution is -0.132. The molecule has 1 atom stereocenters. The van der Waals surface area contributed by atoms with E-state index in [1.54, 1.807) is 11.9 Å². The molecular weight excluding hydrogens is 287 g/mol. The van der Waals surface area contributed by atoms with E-state index in [1.165, 1.54) is 0 Å². The number of nitrogens with zero attached hydrogens (tertiary/aromatic N) is 1. The Morgan fingerprint density at radius 1 is 1.48 bits per heavy atom. The van der Waals surface area contributed by atoms with E-state index in [0.29, 0.717) is 25.1 Å². The van der Waals surface area contributed by atoms with Gasteiger partial charge < -0.3 is 20.7 Å². The molecule has 0 aromatic heterocycles. The lowest BCUT2D eigenvalue weighted by Gasteiger charge is -2.31. The van der Waals surface area contributed by atoms with E-state index < -0.39 is 18.2 Å². The van der Waals surface area contributed by atoms with Crippen LogP contribution in [0.1, 0.15) is 12.8 Å². The van der Waals surface area contributed by atoms with Crippen LogP contribution in [0.5, 0.6) is 5.75 Å². The van der Waals surface area contributed by atoms with Gasteiger partial charge in [-0.2, -0.15) is 8.78 Å². The summed E-state index contributed by atoms with van der Waals surface area (Å²) in [6, 6.07) is 1.95. The van der Waals surface area contributed by atoms with Crippen molar-refractivity contribution in [2.45, 2.75) is 25.5 Å². The van der Waals surface area contributed by atoms with Crippen molar-refractivity contribution in [1.29, 1.82) is 0 Å². The summed E-state index contributed by atoms with van der Waals surface area (Å²) < 4.78 is 42.0. The van der Waals surface area contributed by atoms with Crippen LogP contribution in [0.2, 0.25) is 0 Å². The van der Waals surface area contributed by atoms with Crippen molar-refractivity contribution in [1.82, 2.24) is 4.90 Å². The second kappa shape index (κ2) is 6.11. The minimum absolute atomic E-state index is 0.0434. The zero-order chi connectivity index (χ0) is 15.6. The number of hydrogen-bond acceptors (Lipinski definition) is 4. The number of hydrogen-bond donors (Lipinski definition) is 2. The van der Waals surface area contributed by atoms with E-state index in [9.17, 15) is 18.0 Å². The number of anilines is 2. The maximum absolute atomic E-state index is 13.5. The van der Waals surface area contributed by atoms with E-state index in [-0.39, 0.29) is 17.6 Å². The summed E-state index contributed by atoms with van der Waals surface area (Å²) in [5, 5.41) is 3.03. The number of rotatable bonds is 4. The molecule has 3 N–H and O–H groups in total. The van der Waals surface area contributed by atoms with Gasteiger partial charge in [0.05, 0.1) is 11.4 Å². The Hall–Kier alpha value is -2.12. The molecule has 0 spiro atoms.